The lowest BCUT2D eigenvalue weighted by molar-refractivity contribution is -0.0352. The molecule has 1 saturated carbocycles. The Bertz CT molecular complexity index is 668. The van der Waals surface area contributed by atoms with Gasteiger partial charge >= 0.3 is 0 Å². The van der Waals surface area contributed by atoms with Crippen molar-refractivity contribution in [3.8, 4) is 11.5 Å². The number of hydrogen-bond acceptors (Lipinski definition) is 5. The molecule has 1 heterocycles. The highest BCUT2D eigenvalue weighted by Crippen LogP contribution is 2.34. The number of nitrogens with one attached hydrogen (secondary N) is 2. The lowest BCUT2D eigenvalue weighted by atomic mass is 9.80. The van der Waals surface area contributed by atoms with Gasteiger partial charge in [-0.25, -0.2) is 4.99 Å². The van der Waals surface area contributed by atoms with Crippen LogP contribution in [0.4, 0.5) is 0 Å². The molecular formula is C22H36N4O3. The number of nitrogens with zero attached hydrogens (tertiary/aromatic N) is 2. The molecule has 0 amide bonds. The second kappa shape index (κ2) is 10.7. The summed E-state index contributed by atoms with van der Waals surface area (Å²) in [6, 6.07) is 5.50. The van der Waals surface area contributed by atoms with E-state index in [1.807, 2.05) is 12.1 Å². The zero-order valence-electron chi connectivity index (χ0n) is 17.9. The Kier molecular flexibility index (Phi) is 8.00. The van der Waals surface area contributed by atoms with E-state index in [9.17, 15) is 5.11 Å². The van der Waals surface area contributed by atoms with Crippen LogP contribution in [0.15, 0.2) is 23.2 Å². The van der Waals surface area contributed by atoms with Gasteiger partial charge in [-0.2, -0.15) is 0 Å². The maximum Gasteiger partial charge on any atom is 0.191 e. The van der Waals surface area contributed by atoms with Gasteiger partial charge in [0.2, 0.25) is 0 Å². The van der Waals surface area contributed by atoms with Crippen LogP contribution in [0.25, 0.3) is 0 Å². The first kappa shape index (κ1) is 21.7. The molecule has 29 heavy (non-hydrogen) atoms. The first-order valence-electron chi connectivity index (χ1n) is 10.9. The van der Waals surface area contributed by atoms with Crippen molar-refractivity contribution in [2.24, 2.45) is 4.99 Å². The van der Waals surface area contributed by atoms with Gasteiger partial charge in [-0.05, 0) is 25.8 Å². The Morgan fingerprint density at radius 2 is 1.97 bits per heavy atom. The Morgan fingerprint density at radius 3 is 2.66 bits per heavy atom. The molecule has 1 aromatic rings. The Hall–Kier alpha value is -1.99. The largest absolute Gasteiger partial charge is 0.504 e. The number of rotatable bonds is 7. The van der Waals surface area contributed by atoms with Gasteiger partial charge < -0.3 is 25.2 Å². The van der Waals surface area contributed by atoms with Crippen molar-refractivity contribution in [1.82, 2.24) is 15.5 Å². The van der Waals surface area contributed by atoms with Gasteiger partial charge in [0.1, 0.15) is 0 Å². The normalized spacial score (nSPS) is 20.3. The SMILES string of the molecule is CCNC(=NCc1cccc(OC)c1O)NCC1(N2CCOCC2)CCCCC1. The van der Waals surface area contributed by atoms with E-state index < -0.39 is 0 Å². The summed E-state index contributed by atoms with van der Waals surface area (Å²) in [6.07, 6.45) is 6.33. The fraction of sp³-hybridized carbons (Fsp3) is 0.682. The fourth-order valence-corrected chi connectivity index (χ4v) is 4.47. The zero-order valence-corrected chi connectivity index (χ0v) is 17.9. The van der Waals surface area contributed by atoms with Crippen LogP contribution in [-0.2, 0) is 11.3 Å². The number of para-hydroxylation sites is 1. The van der Waals surface area contributed by atoms with Crippen molar-refractivity contribution < 1.29 is 14.6 Å². The molecule has 162 valence electrons. The molecule has 2 fully saturated rings. The van der Waals surface area contributed by atoms with Crippen molar-refractivity contribution in [3.05, 3.63) is 23.8 Å². The van der Waals surface area contributed by atoms with E-state index in [1.54, 1.807) is 13.2 Å². The van der Waals surface area contributed by atoms with Crippen LogP contribution in [0.5, 0.6) is 11.5 Å². The summed E-state index contributed by atoms with van der Waals surface area (Å²) in [5.74, 6) is 1.42. The molecule has 0 radical (unpaired) electrons. The molecule has 3 N–H and O–H groups in total. The first-order chi connectivity index (χ1) is 14.2. The third-order valence-electron chi connectivity index (χ3n) is 6.11. The van der Waals surface area contributed by atoms with Gasteiger partial charge in [-0.15, -0.1) is 0 Å². The lowest BCUT2D eigenvalue weighted by Gasteiger charge is -2.48. The lowest BCUT2D eigenvalue weighted by Crippen LogP contribution is -2.60. The van der Waals surface area contributed by atoms with Crippen LogP contribution in [0.3, 0.4) is 0 Å². The van der Waals surface area contributed by atoms with Gasteiger partial charge in [0, 0.05) is 37.3 Å². The van der Waals surface area contributed by atoms with E-state index in [-0.39, 0.29) is 11.3 Å². The van der Waals surface area contributed by atoms with Crippen LogP contribution >= 0.6 is 0 Å². The van der Waals surface area contributed by atoms with Crippen molar-refractivity contribution >= 4 is 5.96 Å². The first-order valence-corrected chi connectivity index (χ1v) is 10.9. The molecule has 1 saturated heterocycles. The molecule has 0 atom stereocenters. The number of aliphatic imine (C=N–C) groups is 1. The van der Waals surface area contributed by atoms with Crippen molar-refractivity contribution in [2.75, 3.05) is 46.5 Å². The molecule has 0 spiro atoms. The molecule has 0 aromatic heterocycles. The molecule has 7 heteroatoms. The molecule has 0 bridgehead atoms. The molecule has 7 nitrogen and oxygen atoms in total. The van der Waals surface area contributed by atoms with Gasteiger partial charge in [-0.1, -0.05) is 31.4 Å². The molecule has 3 rings (SSSR count). The summed E-state index contributed by atoms with van der Waals surface area (Å²) in [5, 5.41) is 17.3. The smallest absolute Gasteiger partial charge is 0.191 e. The molecular weight excluding hydrogens is 368 g/mol. The maximum atomic E-state index is 10.3. The quantitative estimate of drug-likeness (QED) is 0.479. The van der Waals surface area contributed by atoms with E-state index in [1.165, 1.54) is 32.1 Å². The predicted octanol–water partition coefficient (Wildman–Crippen LogP) is 2.49. The third-order valence-corrected chi connectivity index (χ3v) is 6.11. The molecule has 1 aliphatic carbocycles. The second-order valence-electron chi connectivity index (χ2n) is 7.90. The van der Waals surface area contributed by atoms with E-state index in [0.29, 0.717) is 12.3 Å². The minimum absolute atomic E-state index is 0.159. The standard InChI is InChI=1S/C22H36N4O3/c1-3-23-21(24-16-18-8-7-9-19(28-2)20(18)27)25-17-22(10-5-4-6-11-22)26-12-14-29-15-13-26/h7-9,27H,3-6,10-17H2,1-2H3,(H2,23,24,25). The summed E-state index contributed by atoms with van der Waals surface area (Å²) in [6.45, 7) is 7.79. The minimum Gasteiger partial charge on any atom is -0.504 e. The summed E-state index contributed by atoms with van der Waals surface area (Å²) >= 11 is 0. The molecule has 2 aliphatic rings. The summed E-state index contributed by atoms with van der Waals surface area (Å²) < 4.78 is 10.8. The predicted molar refractivity (Wildman–Crippen MR) is 116 cm³/mol. The van der Waals surface area contributed by atoms with Crippen LogP contribution < -0.4 is 15.4 Å². The van der Waals surface area contributed by atoms with Crippen molar-refractivity contribution in [1.29, 1.82) is 0 Å². The highest BCUT2D eigenvalue weighted by Gasteiger charge is 2.38. The Labute approximate surface area is 174 Å². The van der Waals surface area contributed by atoms with Crippen molar-refractivity contribution in [2.45, 2.75) is 51.1 Å². The maximum absolute atomic E-state index is 10.3. The molecule has 0 unspecified atom stereocenters. The number of phenolic OH excluding ortho intramolecular Hbond substituents is 1. The number of guanidine groups is 1. The van der Waals surface area contributed by atoms with Crippen LogP contribution in [0.2, 0.25) is 0 Å². The van der Waals surface area contributed by atoms with E-state index in [4.69, 9.17) is 14.5 Å². The number of methoxy groups -OCH3 is 1. The van der Waals surface area contributed by atoms with Crippen LogP contribution in [0, 0.1) is 0 Å². The van der Waals surface area contributed by atoms with Crippen LogP contribution in [0.1, 0.15) is 44.6 Å². The van der Waals surface area contributed by atoms with Gasteiger partial charge in [0.05, 0.1) is 26.9 Å². The highest BCUT2D eigenvalue weighted by atomic mass is 16.5. The number of morpholine rings is 1. The summed E-state index contributed by atoms with van der Waals surface area (Å²) in [4.78, 5) is 7.34. The minimum atomic E-state index is 0.159. The van der Waals surface area contributed by atoms with E-state index >= 15 is 0 Å². The monoisotopic (exact) mass is 404 g/mol. The number of hydrogen-bond donors (Lipinski definition) is 3. The van der Waals surface area contributed by atoms with E-state index in [0.717, 1.165) is 50.9 Å². The number of ether oxygens (including phenoxy) is 2. The van der Waals surface area contributed by atoms with E-state index in [2.05, 4.69) is 22.5 Å². The third kappa shape index (κ3) is 5.54. The molecule has 1 aromatic carbocycles. The number of phenols is 1. The Morgan fingerprint density at radius 1 is 1.21 bits per heavy atom. The summed E-state index contributed by atoms with van der Waals surface area (Å²) in [5.41, 5.74) is 0.929. The van der Waals surface area contributed by atoms with Gasteiger partial charge in [-0.3, -0.25) is 4.90 Å². The zero-order chi connectivity index (χ0) is 20.5. The van der Waals surface area contributed by atoms with Gasteiger partial charge in [0.15, 0.2) is 17.5 Å². The fourth-order valence-electron chi connectivity index (χ4n) is 4.47. The van der Waals surface area contributed by atoms with Gasteiger partial charge in [0.25, 0.3) is 0 Å². The average molecular weight is 405 g/mol. The summed E-state index contributed by atoms with van der Waals surface area (Å²) in [7, 11) is 1.56. The molecule has 1 aliphatic heterocycles. The van der Waals surface area contributed by atoms with Crippen molar-refractivity contribution in [3.63, 3.8) is 0 Å². The number of aromatic hydroxyl groups is 1. The Balaban J connectivity index is 1.69. The topological polar surface area (TPSA) is 78.4 Å². The number of benzene rings is 1. The van der Waals surface area contributed by atoms with Crippen LogP contribution in [-0.4, -0.2) is 68.0 Å². The average Bonchev–Trinajstić information content (AvgIpc) is 2.78. The highest BCUT2D eigenvalue weighted by molar-refractivity contribution is 5.79. The second-order valence-corrected chi connectivity index (χ2v) is 7.90.